The van der Waals surface area contributed by atoms with Crippen LogP contribution in [0.2, 0.25) is 0 Å². The molecule has 0 N–H and O–H groups in total. The monoisotopic (exact) mass is 191 g/mol. The topological polar surface area (TPSA) is 23.8 Å². The van der Waals surface area contributed by atoms with Crippen molar-refractivity contribution in [2.45, 2.75) is 51.9 Å². The van der Waals surface area contributed by atoms with Gasteiger partial charge in [-0.05, 0) is 25.7 Å². The highest BCUT2D eigenvalue weighted by Gasteiger charge is 1.80. The summed E-state index contributed by atoms with van der Waals surface area (Å²) in [6.45, 7) is 2.22. The zero-order valence-electron chi connectivity index (χ0n) is 9.21. The molecule has 0 heterocycles. The smallest absolute Gasteiger partial charge is 0.0624 e. The Balaban J connectivity index is 3.18. The van der Waals surface area contributed by atoms with E-state index in [0.29, 0.717) is 6.42 Å². The number of unbranched alkanes of at least 4 members (excludes halogenated alkanes) is 4. The van der Waals surface area contributed by atoms with E-state index in [-0.39, 0.29) is 0 Å². The van der Waals surface area contributed by atoms with Crippen molar-refractivity contribution in [1.29, 1.82) is 5.26 Å². The van der Waals surface area contributed by atoms with Gasteiger partial charge < -0.3 is 0 Å². The summed E-state index contributed by atoms with van der Waals surface area (Å²) in [5.41, 5.74) is 0. The highest BCUT2D eigenvalue weighted by atomic mass is 14.2. The molecule has 0 saturated heterocycles. The van der Waals surface area contributed by atoms with Crippen LogP contribution in [0.4, 0.5) is 0 Å². The van der Waals surface area contributed by atoms with Crippen LogP contribution in [0.25, 0.3) is 0 Å². The van der Waals surface area contributed by atoms with Gasteiger partial charge in [0.25, 0.3) is 0 Å². The SMILES string of the molecule is CCCCC/C=C\C/C=C/CCC#N. The van der Waals surface area contributed by atoms with Gasteiger partial charge in [-0.25, -0.2) is 0 Å². The van der Waals surface area contributed by atoms with Crippen molar-refractivity contribution in [3.8, 4) is 6.07 Å². The van der Waals surface area contributed by atoms with Gasteiger partial charge in [0.2, 0.25) is 0 Å². The normalized spacial score (nSPS) is 11.1. The third-order valence-corrected chi connectivity index (χ3v) is 2.00. The fourth-order valence-corrected chi connectivity index (χ4v) is 1.17. The van der Waals surface area contributed by atoms with Gasteiger partial charge in [-0.2, -0.15) is 5.26 Å². The molecule has 0 aliphatic rings. The minimum atomic E-state index is 0.636. The van der Waals surface area contributed by atoms with E-state index in [2.05, 4.69) is 37.3 Å². The second kappa shape index (κ2) is 12.0. The molecule has 0 aliphatic heterocycles. The number of allylic oxidation sites excluding steroid dienone is 4. The number of hydrogen-bond donors (Lipinski definition) is 0. The first-order chi connectivity index (χ1) is 6.91. The molecule has 78 valence electrons. The summed E-state index contributed by atoms with van der Waals surface area (Å²) < 4.78 is 0. The third-order valence-electron chi connectivity index (χ3n) is 2.00. The van der Waals surface area contributed by atoms with Crippen LogP contribution < -0.4 is 0 Å². The Kier molecular flexibility index (Phi) is 11.1. The second-order valence-electron chi connectivity index (χ2n) is 3.37. The molecule has 0 spiro atoms. The maximum Gasteiger partial charge on any atom is 0.0624 e. The summed E-state index contributed by atoms with van der Waals surface area (Å²) in [4.78, 5) is 0. The van der Waals surface area contributed by atoms with Gasteiger partial charge in [0.1, 0.15) is 0 Å². The van der Waals surface area contributed by atoms with Crippen molar-refractivity contribution >= 4 is 0 Å². The quantitative estimate of drug-likeness (QED) is 0.413. The number of hydrogen-bond acceptors (Lipinski definition) is 1. The fourth-order valence-electron chi connectivity index (χ4n) is 1.17. The highest BCUT2D eigenvalue weighted by molar-refractivity contribution is 4.93. The van der Waals surface area contributed by atoms with Crippen LogP contribution in [-0.2, 0) is 0 Å². The van der Waals surface area contributed by atoms with Crippen LogP contribution in [0.15, 0.2) is 24.3 Å². The largest absolute Gasteiger partial charge is 0.198 e. The summed E-state index contributed by atoms with van der Waals surface area (Å²) in [5, 5.41) is 8.29. The molecule has 0 radical (unpaired) electrons. The molecule has 0 unspecified atom stereocenters. The number of nitrogens with zero attached hydrogens (tertiary/aromatic N) is 1. The van der Waals surface area contributed by atoms with Crippen LogP contribution in [0.1, 0.15) is 51.9 Å². The van der Waals surface area contributed by atoms with E-state index in [9.17, 15) is 0 Å². The Morgan fingerprint density at radius 1 is 1.00 bits per heavy atom. The van der Waals surface area contributed by atoms with Gasteiger partial charge in [-0.1, -0.05) is 44.1 Å². The maximum atomic E-state index is 8.29. The molecule has 1 heteroatoms. The van der Waals surface area contributed by atoms with Gasteiger partial charge >= 0.3 is 0 Å². The highest BCUT2D eigenvalue weighted by Crippen LogP contribution is 2.00. The minimum Gasteiger partial charge on any atom is -0.198 e. The molecule has 0 aliphatic carbocycles. The molecule has 0 amide bonds. The lowest BCUT2D eigenvalue weighted by Gasteiger charge is -1.90. The Morgan fingerprint density at radius 3 is 2.36 bits per heavy atom. The standard InChI is InChI=1S/C13H21N/c1-2-3-4-5-6-7-8-9-10-11-12-13-14/h6-7,9-10H,2-5,8,11-12H2,1H3/b7-6-,10-9+. The number of rotatable bonds is 8. The first-order valence-corrected chi connectivity index (χ1v) is 5.58. The molecule has 0 bridgehead atoms. The van der Waals surface area contributed by atoms with E-state index in [0.717, 1.165) is 12.8 Å². The number of nitriles is 1. The Labute approximate surface area is 88.1 Å². The van der Waals surface area contributed by atoms with Gasteiger partial charge in [0.15, 0.2) is 0 Å². The van der Waals surface area contributed by atoms with Crippen molar-refractivity contribution < 1.29 is 0 Å². The van der Waals surface area contributed by atoms with Crippen LogP contribution in [0.3, 0.4) is 0 Å². The van der Waals surface area contributed by atoms with Crippen LogP contribution >= 0.6 is 0 Å². The van der Waals surface area contributed by atoms with E-state index < -0.39 is 0 Å². The van der Waals surface area contributed by atoms with Crippen molar-refractivity contribution in [3.63, 3.8) is 0 Å². The van der Waals surface area contributed by atoms with E-state index >= 15 is 0 Å². The molecule has 1 nitrogen and oxygen atoms in total. The average molecular weight is 191 g/mol. The third kappa shape index (κ3) is 11.0. The summed E-state index contributed by atoms with van der Waals surface area (Å²) in [6.07, 6.45) is 16.4. The molecule has 0 aromatic carbocycles. The molecule has 0 rings (SSSR count). The van der Waals surface area contributed by atoms with Crippen molar-refractivity contribution in [2.24, 2.45) is 0 Å². The van der Waals surface area contributed by atoms with Gasteiger partial charge in [-0.3, -0.25) is 0 Å². The van der Waals surface area contributed by atoms with E-state index in [1.54, 1.807) is 0 Å². The molecule has 0 aromatic heterocycles. The van der Waals surface area contributed by atoms with E-state index in [1.807, 2.05) is 0 Å². The van der Waals surface area contributed by atoms with Gasteiger partial charge in [0.05, 0.1) is 6.07 Å². The first kappa shape index (κ1) is 13.0. The first-order valence-electron chi connectivity index (χ1n) is 5.58. The fraction of sp³-hybridized carbons (Fsp3) is 0.615. The summed E-state index contributed by atoms with van der Waals surface area (Å²) >= 11 is 0. The average Bonchev–Trinajstić information content (AvgIpc) is 2.21. The Morgan fingerprint density at radius 2 is 1.71 bits per heavy atom. The van der Waals surface area contributed by atoms with Crippen LogP contribution in [0.5, 0.6) is 0 Å². The molecule has 0 fully saturated rings. The minimum absolute atomic E-state index is 0.636. The zero-order valence-corrected chi connectivity index (χ0v) is 9.21. The van der Waals surface area contributed by atoms with Crippen molar-refractivity contribution in [2.75, 3.05) is 0 Å². The Hall–Kier alpha value is -1.03. The predicted molar refractivity (Wildman–Crippen MR) is 61.9 cm³/mol. The van der Waals surface area contributed by atoms with E-state index in [1.165, 1.54) is 25.7 Å². The summed E-state index contributed by atoms with van der Waals surface area (Å²) in [5.74, 6) is 0. The van der Waals surface area contributed by atoms with Crippen molar-refractivity contribution in [1.82, 2.24) is 0 Å². The lowest BCUT2D eigenvalue weighted by atomic mass is 10.2. The maximum absolute atomic E-state index is 8.29. The zero-order chi connectivity index (χ0) is 10.5. The summed E-state index contributed by atoms with van der Waals surface area (Å²) in [6, 6.07) is 2.12. The van der Waals surface area contributed by atoms with Crippen LogP contribution in [-0.4, -0.2) is 0 Å². The lowest BCUT2D eigenvalue weighted by Crippen LogP contribution is -1.70. The Bertz CT molecular complexity index is 196. The predicted octanol–water partition coefficient (Wildman–Crippen LogP) is 4.37. The van der Waals surface area contributed by atoms with Gasteiger partial charge in [0, 0.05) is 6.42 Å². The molecular formula is C13H21N. The molecule has 0 atom stereocenters. The van der Waals surface area contributed by atoms with E-state index in [4.69, 9.17) is 5.26 Å². The summed E-state index contributed by atoms with van der Waals surface area (Å²) in [7, 11) is 0. The molecule has 14 heavy (non-hydrogen) atoms. The van der Waals surface area contributed by atoms with Crippen molar-refractivity contribution in [3.05, 3.63) is 24.3 Å². The lowest BCUT2D eigenvalue weighted by molar-refractivity contribution is 0.728. The second-order valence-corrected chi connectivity index (χ2v) is 3.37. The molecule has 0 aromatic rings. The molecule has 0 saturated carbocycles. The molecular weight excluding hydrogens is 170 g/mol. The van der Waals surface area contributed by atoms with Crippen LogP contribution in [0, 0.1) is 11.3 Å². The van der Waals surface area contributed by atoms with Gasteiger partial charge in [-0.15, -0.1) is 0 Å².